The second-order valence-corrected chi connectivity index (χ2v) is 3.66. The zero-order chi connectivity index (χ0) is 17.1. The van der Waals surface area contributed by atoms with Crippen molar-refractivity contribution in [2.75, 3.05) is 28.4 Å². The summed E-state index contributed by atoms with van der Waals surface area (Å²) in [5.74, 6) is -3.57. The van der Waals surface area contributed by atoms with Gasteiger partial charge in [-0.1, -0.05) is 0 Å². The van der Waals surface area contributed by atoms with Crippen molar-refractivity contribution < 1.29 is 47.6 Å². The summed E-state index contributed by atoms with van der Waals surface area (Å²) in [6.45, 7) is 0. The fourth-order valence-electron chi connectivity index (χ4n) is 1.14. The maximum Gasteiger partial charge on any atom is 0.376 e. The lowest BCUT2D eigenvalue weighted by atomic mass is 10.3. The van der Waals surface area contributed by atoms with Crippen LogP contribution >= 0.6 is 0 Å². The first-order valence-corrected chi connectivity index (χ1v) is 5.99. The van der Waals surface area contributed by atoms with E-state index in [1.807, 2.05) is 0 Å². The number of ether oxygens (including phenoxy) is 6. The van der Waals surface area contributed by atoms with E-state index in [-0.39, 0.29) is 0 Å². The van der Waals surface area contributed by atoms with Crippen LogP contribution in [0.1, 0.15) is 12.8 Å². The van der Waals surface area contributed by atoms with Gasteiger partial charge in [0.1, 0.15) is 0 Å². The normalized spacial score (nSPS) is 12.7. The highest BCUT2D eigenvalue weighted by Crippen LogP contribution is 2.04. The molecule has 0 aliphatic carbocycles. The largest absolute Gasteiger partial charge is 0.464 e. The first kappa shape index (κ1) is 19.8. The van der Waals surface area contributed by atoms with Crippen molar-refractivity contribution in [1.29, 1.82) is 0 Å². The molecular formula is C12H18O10. The quantitative estimate of drug-likeness (QED) is 0.301. The minimum atomic E-state index is -1.52. The molecule has 10 heteroatoms. The van der Waals surface area contributed by atoms with E-state index >= 15 is 0 Å². The van der Waals surface area contributed by atoms with Gasteiger partial charge in [0.2, 0.25) is 0 Å². The molecule has 0 bridgehead atoms. The average molecular weight is 322 g/mol. The topological polar surface area (TPSA) is 124 Å². The van der Waals surface area contributed by atoms with Gasteiger partial charge >= 0.3 is 36.5 Å². The molecular weight excluding hydrogens is 304 g/mol. The maximum absolute atomic E-state index is 11.4. The molecule has 0 aromatic carbocycles. The van der Waals surface area contributed by atoms with Crippen molar-refractivity contribution in [2.24, 2.45) is 0 Å². The van der Waals surface area contributed by atoms with Crippen molar-refractivity contribution in [3.8, 4) is 0 Å². The van der Waals surface area contributed by atoms with Crippen LogP contribution in [0.3, 0.4) is 0 Å². The molecule has 0 amide bonds. The van der Waals surface area contributed by atoms with Gasteiger partial charge in [-0.3, -0.25) is 9.59 Å². The molecule has 0 rings (SSSR count). The zero-order valence-electron chi connectivity index (χ0n) is 12.7. The van der Waals surface area contributed by atoms with Crippen LogP contribution < -0.4 is 0 Å². The van der Waals surface area contributed by atoms with Crippen LogP contribution in [0, 0.1) is 0 Å². The average Bonchev–Trinajstić information content (AvgIpc) is 2.53. The Kier molecular flexibility index (Phi) is 9.46. The van der Waals surface area contributed by atoms with Gasteiger partial charge in [0.05, 0.1) is 27.1 Å². The first-order valence-electron chi connectivity index (χ1n) is 5.99. The van der Waals surface area contributed by atoms with Crippen molar-refractivity contribution in [2.45, 2.75) is 25.4 Å². The van der Waals surface area contributed by atoms with Gasteiger partial charge in [-0.25, -0.2) is 9.59 Å². The fourth-order valence-corrected chi connectivity index (χ4v) is 1.14. The highest BCUT2D eigenvalue weighted by atomic mass is 16.7. The van der Waals surface area contributed by atoms with Gasteiger partial charge in [0.25, 0.3) is 0 Å². The molecule has 0 aliphatic rings. The number of carbonyl (C=O) groups is 4. The molecule has 0 saturated heterocycles. The smallest absolute Gasteiger partial charge is 0.376 e. The van der Waals surface area contributed by atoms with Crippen molar-refractivity contribution in [3.05, 3.63) is 0 Å². The van der Waals surface area contributed by atoms with Gasteiger partial charge in [-0.15, -0.1) is 0 Å². The van der Waals surface area contributed by atoms with Crippen molar-refractivity contribution in [3.63, 3.8) is 0 Å². The number of hydrogen-bond donors (Lipinski definition) is 0. The second kappa shape index (κ2) is 10.5. The summed E-state index contributed by atoms with van der Waals surface area (Å²) in [6.07, 6.45) is -3.83. The number of esters is 4. The number of rotatable bonds is 9. The van der Waals surface area contributed by atoms with Crippen LogP contribution in [0.5, 0.6) is 0 Å². The lowest BCUT2D eigenvalue weighted by Crippen LogP contribution is -2.31. The molecule has 0 fully saturated rings. The van der Waals surface area contributed by atoms with Gasteiger partial charge in [-0.05, 0) is 0 Å². The Morgan fingerprint density at radius 1 is 0.682 bits per heavy atom. The SMILES string of the molecule is COC(=O)C(OC)OC(=O)CCC(=O)OC(OC)C(=O)OC. The molecule has 0 aromatic heterocycles. The highest BCUT2D eigenvalue weighted by molar-refractivity contribution is 5.82. The molecule has 10 nitrogen and oxygen atoms in total. The predicted octanol–water partition coefficient (Wildman–Crippen LogP) is -0.856. The Morgan fingerprint density at radius 3 is 1.23 bits per heavy atom. The minimum Gasteiger partial charge on any atom is -0.464 e. The Bertz CT molecular complexity index is 367. The Morgan fingerprint density at radius 2 is 1.00 bits per heavy atom. The Hall–Kier alpha value is -2.20. The first-order chi connectivity index (χ1) is 10.4. The van der Waals surface area contributed by atoms with Crippen LogP contribution in [-0.4, -0.2) is 64.9 Å². The number of carbonyl (C=O) groups excluding carboxylic acids is 4. The minimum absolute atomic E-state index is 0.396. The predicted molar refractivity (Wildman–Crippen MR) is 67.0 cm³/mol. The van der Waals surface area contributed by atoms with Gasteiger partial charge < -0.3 is 28.4 Å². The monoisotopic (exact) mass is 322 g/mol. The summed E-state index contributed by atoms with van der Waals surface area (Å²) >= 11 is 0. The van der Waals surface area contributed by atoms with E-state index in [9.17, 15) is 19.2 Å². The molecule has 0 N–H and O–H groups in total. The number of hydrogen-bond acceptors (Lipinski definition) is 10. The molecule has 0 saturated carbocycles. The molecule has 0 aliphatic heterocycles. The van der Waals surface area contributed by atoms with E-state index in [0.29, 0.717) is 0 Å². The summed E-state index contributed by atoms with van der Waals surface area (Å²) in [5.41, 5.74) is 0. The summed E-state index contributed by atoms with van der Waals surface area (Å²) in [7, 11) is 4.47. The molecule has 0 radical (unpaired) electrons. The molecule has 0 aromatic rings. The number of methoxy groups -OCH3 is 4. The fraction of sp³-hybridized carbons (Fsp3) is 0.667. The summed E-state index contributed by atoms with van der Waals surface area (Å²) in [6, 6.07) is 0. The van der Waals surface area contributed by atoms with Crippen LogP contribution in [0.15, 0.2) is 0 Å². The molecule has 0 heterocycles. The summed E-state index contributed by atoms with van der Waals surface area (Å²) in [5, 5.41) is 0. The van der Waals surface area contributed by atoms with Crippen LogP contribution in [0.25, 0.3) is 0 Å². The maximum atomic E-state index is 11.4. The molecule has 126 valence electrons. The van der Waals surface area contributed by atoms with Crippen molar-refractivity contribution in [1.82, 2.24) is 0 Å². The van der Waals surface area contributed by atoms with E-state index in [4.69, 9.17) is 0 Å². The third-order valence-corrected chi connectivity index (χ3v) is 2.23. The molecule has 2 atom stereocenters. The van der Waals surface area contributed by atoms with E-state index in [1.165, 1.54) is 0 Å². The third kappa shape index (κ3) is 6.99. The van der Waals surface area contributed by atoms with Crippen LogP contribution in [0.4, 0.5) is 0 Å². The van der Waals surface area contributed by atoms with Gasteiger partial charge in [-0.2, -0.15) is 0 Å². The third-order valence-electron chi connectivity index (χ3n) is 2.23. The zero-order valence-corrected chi connectivity index (χ0v) is 12.7. The van der Waals surface area contributed by atoms with Gasteiger partial charge in [0, 0.05) is 14.2 Å². The Labute approximate surface area is 126 Å². The van der Waals surface area contributed by atoms with E-state index in [0.717, 1.165) is 28.4 Å². The van der Waals surface area contributed by atoms with Crippen LogP contribution in [0.2, 0.25) is 0 Å². The standard InChI is InChI=1S/C12H18O10/c1-17-9(15)11(19-3)21-7(13)5-6-8(14)22-12(20-4)10(16)18-2/h11-12H,5-6H2,1-4H3. The van der Waals surface area contributed by atoms with Crippen molar-refractivity contribution >= 4 is 23.9 Å². The lowest BCUT2D eigenvalue weighted by Gasteiger charge is -2.14. The lowest BCUT2D eigenvalue weighted by molar-refractivity contribution is -0.197. The molecule has 2 unspecified atom stereocenters. The van der Waals surface area contributed by atoms with E-state index < -0.39 is 49.3 Å². The van der Waals surface area contributed by atoms with Gasteiger partial charge in [0.15, 0.2) is 0 Å². The Balaban J connectivity index is 4.26. The molecule has 22 heavy (non-hydrogen) atoms. The van der Waals surface area contributed by atoms with Crippen LogP contribution in [-0.2, 0) is 47.6 Å². The second-order valence-electron chi connectivity index (χ2n) is 3.66. The summed E-state index contributed by atoms with van der Waals surface area (Å²) < 4.78 is 27.1. The highest BCUT2D eigenvalue weighted by Gasteiger charge is 2.26. The molecule has 0 spiro atoms. The summed E-state index contributed by atoms with van der Waals surface area (Å²) in [4.78, 5) is 45.1. The van der Waals surface area contributed by atoms with E-state index in [2.05, 4.69) is 28.4 Å². The van der Waals surface area contributed by atoms with E-state index in [1.54, 1.807) is 0 Å².